The van der Waals surface area contributed by atoms with Crippen molar-refractivity contribution in [3.8, 4) is 66.8 Å². The largest absolute Gasteiger partial charge is 0.310 e. The van der Waals surface area contributed by atoms with E-state index in [0.29, 0.717) is 0 Å². The fourth-order valence-corrected chi connectivity index (χ4v) is 12.8. The van der Waals surface area contributed by atoms with Crippen LogP contribution < -0.4 is 4.90 Å². The van der Waals surface area contributed by atoms with Crippen molar-refractivity contribution in [3.05, 3.63) is 307 Å². The lowest BCUT2D eigenvalue weighted by molar-refractivity contribution is 0.794. The normalized spacial score (nSPS) is 12.7. The maximum absolute atomic E-state index is 2.58. The number of hydrogen-bond acceptors (Lipinski definition) is 1. The average Bonchev–Trinajstić information content (AvgIpc) is 4.01. The second-order valence-electron chi connectivity index (χ2n) is 19.9. The van der Waals surface area contributed by atoms with E-state index < -0.39 is 5.41 Å². The monoisotopic (exact) mass is 937 g/mol. The molecule has 15 rings (SSSR count). The third-order valence-electron chi connectivity index (χ3n) is 16.0. The molecular weight excluding hydrogens is 891 g/mol. The molecule has 0 N–H and O–H groups in total. The summed E-state index contributed by atoms with van der Waals surface area (Å²) in [6, 6.07) is 106. The summed E-state index contributed by atoms with van der Waals surface area (Å²) in [4.78, 5) is 2.58. The molecule has 0 saturated heterocycles. The van der Waals surface area contributed by atoms with Gasteiger partial charge in [0.25, 0.3) is 0 Å². The highest BCUT2D eigenvalue weighted by atomic mass is 15.1. The summed E-state index contributed by atoms with van der Waals surface area (Å²) in [6.07, 6.45) is 0. The van der Waals surface area contributed by atoms with Crippen LogP contribution >= 0.6 is 0 Å². The van der Waals surface area contributed by atoms with Crippen LogP contribution in [0.4, 0.5) is 17.1 Å². The maximum Gasteiger partial charge on any atom is 0.0726 e. The molecule has 0 atom stereocenters. The molecule has 0 saturated carbocycles. The molecule has 74 heavy (non-hydrogen) atoms. The van der Waals surface area contributed by atoms with E-state index in [1.165, 1.54) is 99.1 Å². The summed E-state index contributed by atoms with van der Waals surface area (Å²) in [6.45, 7) is 0. The van der Waals surface area contributed by atoms with Crippen LogP contribution in [0.3, 0.4) is 0 Å². The zero-order chi connectivity index (χ0) is 48.7. The molecule has 0 aliphatic heterocycles. The fraction of sp³-hybridized carbons (Fsp3) is 0.0137. The fourth-order valence-electron chi connectivity index (χ4n) is 12.8. The molecule has 1 heteroatoms. The molecule has 0 fully saturated rings. The molecular formula is C73H47N. The Morgan fingerprint density at radius 1 is 0.203 bits per heavy atom. The zero-order valence-corrected chi connectivity index (χ0v) is 40.6. The van der Waals surface area contributed by atoms with Crippen LogP contribution in [-0.2, 0) is 5.41 Å². The minimum atomic E-state index is -0.552. The van der Waals surface area contributed by atoms with Gasteiger partial charge in [-0.3, -0.25) is 0 Å². The van der Waals surface area contributed by atoms with Crippen molar-refractivity contribution in [1.82, 2.24) is 0 Å². The Kier molecular flexibility index (Phi) is 9.55. The predicted molar refractivity (Wildman–Crippen MR) is 312 cm³/mol. The van der Waals surface area contributed by atoms with Crippen molar-refractivity contribution >= 4 is 49.4 Å². The van der Waals surface area contributed by atoms with Gasteiger partial charge in [-0.05, 0) is 164 Å². The van der Waals surface area contributed by atoms with Gasteiger partial charge in [-0.15, -0.1) is 0 Å². The molecule has 0 radical (unpaired) electrons. The van der Waals surface area contributed by atoms with E-state index in [9.17, 15) is 0 Å². The Balaban J connectivity index is 1.10. The third kappa shape index (κ3) is 6.36. The summed E-state index contributed by atoms with van der Waals surface area (Å²) in [5.74, 6) is 0. The minimum absolute atomic E-state index is 0.552. The first-order chi connectivity index (χ1) is 36.7. The smallest absolute Gasteiger partial charge is 0.0726 e. The number of benzene rings is 13. The van der Waals surface area contributed by atoms with Gasteiger partial charge in [0.2, 0.25) is 0 Å². The Hall–Kier alpha value is -9.56. The van der Waals surface area contributed by atoms with Crippen molar-refractivity contribution in [2.75, 3.05) is 4.90 Å². The molecule has 1 spiro atoms. The second-order valence-corrected chi connectivity index (χ2v) is 19.9. The van der Waals surface area contributed by atoms with E-state index in [4.69, 9.17) is 0 Å². The number of fused-ring (bicyclic) bond motifs is 16. The van der Waals surface area contributed by atoms with Gasteiger partial charge in [0.15, 0.2) is 0 Å². The summed E-state index contributed by atoms with van der Waals surface area (Å²) < 4.78 is 0. The molecule has 0 unspecified atom stereocenters. The first kappa shape index (κ1) is 42.2. The van der Waals surface area contributed by atoms with Crippen LogP contribution in [0.5, 0.6) is 0 Å². The zero-order valence-electron chi connectivity index (χ0n) is 40.6. The van der Waals surface area contributed by atoms with Crippen molar-refractivity contribution in [1.29, 1.82) is 0 Å². The van der Waals surface area contributed by atoms with Gasteiger partial charge in [-0.2, -0.15) is 0 Å². The van der Waals surface area contributed by atoms with Crippen molar-refractivity contribution in [2.24, 2.45) is 0 Å². The van der Waals surface area contributed by atoms with Gasteiger partial charge >= 0.3 is 0 Å². The number of anilines is 3. The highest BCUT2D eigenvalue weighted by Gasteiger charge is 2.52. The van der Waals surface area contributed by atoms with Gasteiger partial charge in [-0.25, -0.2) is 0 Å². The van der Waals surface area contributed by atoms with Crippen LogP contribution in [0, 0.1) is 0 Å². The summed E-state index contributed by atoms with van der Waals surface area (Å²) >= 11 is 0. The number of nitrogens with zero attached hydrogens (tertiary/aromatic N) is 1. The second kappa shape index (κ2) is 16.8. The van der Waals surface area contributed by atoms with Gasteiger partial charge in [-0.1, -0.05) is 237 Å². The number of hydrogen-bond donors (Lipinski definition) is 0. The predicted octanol–water partition coefficient (Wildman–Crippen LogP) is 19.6. The van der Waals surface area contributed by atoms with E-state index in [1.807, 2.05) is 0 Å². The molecule has 1 nitrogen and oxygen atoms in total. The Morgan fingerprint density at radius 2 is 0.608 bits per heavy atom. The molecule has 0 aromatic heterocycles. The third-order valence-corrected chi connectivity index (χ3v) is 16.0. The van der Waals surface area contributed by atoms with Gasteiger partial charge in [0, 0.05) is 16.9 Å². The van der Waals surface area contributed by atoms with Crippen molar-refractivity contribution in [2.45, 2.75) is 5.41 Å². The lowest BCUT2D eigenvalue weighted by atomic mass is 9.70. The lowest BCUT2D eigenvalue weighted by Crippen LogP contribution is -2.26. The Morgan fingerprint density at radius 3 is 1.15 bits per heavy atom. The van der Waals surface area contributed by atoms with E-state index in [0.717, 1.165) is 39.3 Å². The van der Waals surface area contributed by atoms with Gasteiger partial charge in [0.05, 0.1) is 11.1 Å². The SMILES string of the molecule is c1ccc(-c2cccc(-c3cc4c(cc3N(c3cc(-c5ccccc5)cc(-c5ccccc5)c3)c3ccc5c6ccccc6c6ccccc6c5c3)C3(c5ccccc5-c5ccccc53)c3ccccc3-4)c2)cc1. The first-order valence-corrected chi connectivity index (χ1v) is 25.7. The lowest BCUT2D eigenvalue weighted by Gasteiger charge is -2.34. The van der Waals surface area contributed by atoms with Crippen LogP contribution in [0.25, 0.3) is 99.1 Å². The van der Waals surface area contributed by atoms with Gasteiger partial charge < -0.3 is 4.90 Å². The van der Waals surface area contributed by atoms with Crippen LogP contribution in [-0.4, -0.2) is 0 Å². The molecule has 2 aliphatic carbocycles. The van der Waals surface area contributed by atoms with E-state index >= 15 is 0 Å². The summed E-state index contributed by atoms with van der Waals surface area (Å²) in [5.41, 5.74) is 22.4. The molecule has 0 amide bonds. The molecule has 0 bridgehead atoms. The average molecular weight is 938 g/mol. The topological polar surface area (TPSA) is 3.24 Å². The quantitative estimate of drug-likeness (QED) is 0.144. The van der Waals surface area contributed by atoms with Crippen molar-refractivity contribution in [3.63, 3.8) is 0 Å². The molecule has 0 heterocycles. The van der Waals surface area contributed by atoms with E-state index in [-0.39, 0.29) is 0 Å². The van der Waals surface area contributed by atoms with Gasteiger partial charge in [0.1, 0.15) is 0 Å². The Labute approximate surface area is 431 Å². The maximum atomic E-state index is 2.58. The van der Waals surface area contributed by atoms with Crippen LogP contribution in [0.2, 0.25) is 0 Å². The standard InChI is InChI=1S/C73H47N/c1-4-21-48(22-5-1)51-27-20-28-52(41-51)65-46-67-64-35-16-19-38-70(64)73(68-36-17-14-33-62(68)63-34-15-18-37-69(63)73)71(67)47-72(65)74(56-43-53(49-23-6-2-7-24-49)42-54(44-56)50-25-8-3-9-26-50)55-39-40-61-59-31-11-10-29-57(59)58-30-12-13-32-60(58)66(61)45-55/h1-47H. The summed E-state index contributed by atoms with van der Waals surface area (Å²) in [5, 5.41) is 7.48. The van der Waals surface area contributed by atoms with E-state index in [2.05, 4.69) is 290 Å². The van der Waals surface area contributed by atoms with E-state index in [1.54, 1.807) is 0 Å². The highest BCUT2D eigenvalue weighted by molar-refractivity contribution is 6.26. The summed E-state index contributed by atoms with van der Waals surface area (Å²) in [7, 11) is 0. The molecule has 2 aliphatic rings. The number of rotatable bonds is 7. The molecule has 13 aromatic rings. The Bertz CT molecular complexity index is 4220. The molecule has 344 valence electrons. The van der Waals surface area contributed by atoms with Crippen LogP contribution in [0.1, 0.15) is 22.3 Å². The minimum Gasteiger partial charge on any atom is -0.310 e. The van der Waals surface area contributed by atoms with Crippen molar-refractivity contribution < 1.29 is 0 Å². The van der Waals surface area contributed by atoms with Crippen LogP contribution in [0.15, 0.2) is 285 Å². The molecule has 13 aromatic carbocycles. The first-order valence-electron chi connectivity index (χ1n) is 25.7. The highest BCUT2D eigenvalue weighted by Crippen LogP contribution is 2.64.